The van der Waals surface area contributed by atoms with E-state index in [1.165, 1.54) is 7.11 Å². The molecule has 0 aromatic carbocycles. The van der Waals surface area contributed by atoms with E-state index in [9.17, 15) is 4.79 Å². The zero-order chi connectivity index (χ0) is 15.8. The highest BCUT2D eigenvalue weighted by molar-refractivity contribution is 6.31. The van der Waals surface area contributed by atoms with Crippen molar-refractivity contribution in [2.24, 2.45) is 0 Å². The van der Waals surface area contributed by atoms with Gasteiger partial charge in [0.15, 0.2) is 0 Å². The molecule has 6 heteroatoms. The van der Waals surface area contributed by atoms with Gasteiger partial charge in [-0.05, 0) is 47.0 Å². The van der Waals surface area contributed by atoms with Crippen LogP contribution in [0.25, 0.3) is 0 Å². The minimum atomic E-state index is -0.700. The van der Waals surface area contributed by atoms with Gasteiger partial charge in [0.2, 0.25) is 0 Å². The Morgan fingerprint density at radius 1 is 1.57 bits per heavy atom. The number of esters is 1. The van der Waals surface area contributed by atoms with Gasteiger partial charge >= 0.3 is 5.97 Å². The monoisotopic (exact) mass is 313 g/mol. The number of ether oxygens (including phenoxy) is 1. The molecule has 1 aliphatic carbocycles. The Bertz CT molecular complexity index is 539. The molecule has 1 saturated carbocycles. The molecule has 0 amide bonds. The van der Waals surface area contributed by atoms with Crippen molar-refractivity contribution < 1.29 is 9.53 Å². The molecule has 1 N–H and O–H groups in total. The van der Waals surface area contributed by atoms with Crippen LogP contribution < -0.4 is 5.32 Å². The van der Waals surface area contributed by atoms with Crippen molar-refractivity contribution in [1.29, 1.82) is 0 Å². The molecule has 2 rings (SSSR count). The highest BCUT2D eigenvalue weighted by Crippen LogP contribution is 2.30. The van der Waals surface area contributed by atoms with Gasteiger partial charge in [-0.25, -0.2) is 0 Å². The van der Waals surface area contributed by atoms with Gasteiger partial charge in [-0.2, -0.15) is 5.10 Å². The molecule has 2 atom stereocenters. The molecule has 0 radical (unpaired) electrons. The van der Waals surface area contributed by atoms with Crippen LogP contribution in [0, 0.1) is 13.8 Å². The molecule has 21 heavy (non-hydrogen) atoms. The van der Waals surface area contributed by atoms with Gasteiger partial charge in [-0.15, -0.1) is 0 Å². The van der Waals surface area contributed by atoms with Crippen LogP contribution in [0.1, 0.15) is 50.5 Å². The van der Waals surface area contributed by atoms with Gasteiger partial charge in [0.05, 0.1) is 29.6 Å². The molecule has 1 aromatic rings. The van der Waals surface area contributed by atoms with Crippen LogP contribution in [0.2, 0.25) is 5.02 Å². The summed E-state index contributed by atoms with van der Waals surface area (Å²) < 4.78 is 6.88. The third-order valence-corrected chi connectivity index (χ3v) is 4.64. The first-order valence-electron chi connectivity index (χ1n) is 7.36. The molecule has 0 bridgehead atoms. The Kier molecular flexibility index (Phi) is 4.63. The van der Waals surface area contributed by atoms with E-state index in [0.29, 0.717) is 17.5 Å². The first-order chi connectivity index (χ1) is 9.78. The van der Waals surface area contributed by atoms with Crippen molar-refractivity contribution in [1.82, 2.24) is 15.1 Å². The number of halogens is 1. The van der Waals surface area contributed by atoms with Crippen molar-refractivity contribution >= 4 is 17.6 Å². The first kappa shape index (κ1) is 16.3. The van der Waals surface area contributed by atoms with Crippen molar-refractivity contribution in [3.05, 3.63) is 16.4 Å². The van der Waals surface area contributed by atoms with Crippen LogP contribution in [-0.4, -0.2) is 34.4 Å². The predicted octanol–water partition coefficient (Wildman–Crippen LogP) is 2.79. The third kappa shape index (κ3) is 3.40. The summed E-state index contributed by atoms with van der Waals surface area (Å²) in [6.45, 7) is 7.79. The summed E-state index contributed by atoms with van der Waals surface area (Å²) in [5.74, 6) is -0.228. The van der Waals surface area contributed by atoms with E-state index in [0.717, 1.165) is 24.2 Å². The Hall–Kier alpha value is -1.07. The highest BCUT2D eigenvalue weighted by Gasteiger charge is 2.41. The summed E-state index contributed by atoms with van der Waals surface area (Å²) in [4.78, 5) is 12.2. The lowest BCUT2D eigenvalue weighted by Gasteiger charge is -2.31. The molecule has 1 heterocycles. The lowest BCUT2D eigenvalue weighted by molar-refractivity contribution is -0.148. The lowest BCUT2D eigenvalue weighted by atomic mass is 9.93. The summed E-state index contributed by atoms with van der Waals surface area (Å²) in [7, 11) is 1.43. The minimum absolute atomic E-state index is 0.0477. The van der Waals surface area contributed by atoms with Crippen molar-refractivity contribution in [3.8, 4) is 0 Å². The minimum Gasteiger partial charge on any atom is -0.468 e. The summed E-state index contributed by atoms with van der Waals surface area (Å²) in [5, 5.41) is 8.58. The van der Waals surface area contributed by atoms with E-state index in [1.54, 1.807) is 0 Å². The summed E-state index contributed by atoms with van der Waals surface area (Å²) in [6.07, 6.45) is 2.84. The topological polar surface area (TPSA) is 56.2 Å². The van der Waals surface area contributed by atoms with Crippen LogP contribution in [-0.2, 0) is 9.53 Å². The van der Waals surface area contributed by atoms with Gasteiger partial charge in [0.25, 0.3) is 0 Å². The number of carbonyl (C=O) groups excluding carboxylic acids is 1. The smallest absolute Gasteiger partial charge is 0.325 e. The van der Waals surface area contributed by atoms with Crippen LogP contribution in [0.3, 0.4) is 0 Å². The molecule has 0 aliphatic heterocycles. The molecule has 0 spiro atoms. The number of aryl methyl sites for hydroxylation is 1. The second-order valence-electron chi connectivity index (χ2n) is 6.22. The van der Waals surface area contributed by atoms with Gasteiger partial charge < -0.3 is 4.74 Å². The molecule has 2 unspecified atom stereocenters. The maximum absolute atomic E-state index is 12.2. The molecule has 1 aromatic heterocycles. The SMILES string of the molecule is COC(=O)C(C)(CC(C)n1nc(C)c(Cl)c1C)NC1CC1. The normalized spacial score (nSPS) is 19.1. The average molecular weight is 314 g/mol. The highest BCUT2D eigenvalue weighted by atomic mass is 35.5. The maximum Gasteiger partial charge on any atom is 0.325 e. The van der Waals surface area contributed by atoms with E-state index in [4.69, 9.17) is 16.3 Å². The number of hydrogen-bond acceptors (Lipinski definition) is 4. The fourth-order valence-corrected chi connectivity index (χ4v) is 2.98. The van der Waals surface area contributed by atoms with Crippen molar-refractivity contribution in [2.45, 2.75) is 64.6 Å². The Labute approximate surface area is 131 Å². The predicted molar refractivity (Wildman–Crippen MR) is 82.6 cm³/mol. The number of methoxy groups -OCH3 is 1. The lowest BCUT2D eigenvalue weighted by Crippen LogP contribution is -2.52. The van der Waals surface area contributed by atoms with Gasteiger partial charge in [-0.3, -0.25) is 14.8 Å². The Morgan fingerprint density at radius 2 is 2.19 bits per heavy atom. The van der Waals surface area contributed by atoms with E-state index < -0.39 is 5.54 Å². The van der Waals surface area contributed by atoms with Gasteiger partial charge in [0, 0.05) is 6.04 Å². The van der Waals surface area contributed by atoms with E-state index >= 15 is 0 Å². The molecular formula is C15H24ClN3O2. The molecule has 118 valence electrons. The van der Waals surface area contributed by atoms with E-state index in [1.807, 2.05) is 32.4 Å². The fraction of sp³-hybridized carbons (Fsp3) is 0.733. The Morgan fingerprint density at radius 3 is 2.62 bits per heavy atom. The maximum atomic E-state index is 12.2. The quantitative estimate of drug-likeness (QED) is 0.821. The van der Waals surface area contributed by atoms with Crippen LogP contribution in [0.5, 0.6) is 0 Å². The van der Waals surface area contributed by atoms with Crippen LogP contribution >= 0.6 is 11.6 Å². The number of nitrogens with one attached hydrogen (secondary N) is 1. The van der Waals surface area contributed by atoms with E-state index in [-0.39, 0.29) is 12.0 Å². The van der Waals surface area contributed by atoms with Crippen molar-refractivity contribution in [3.63, 3.8) is 0 Å². The van der Waals surface area contributed by atoms with Gasteiger partial charge in [-0.1, -0.05) is 11.6 Å². The second kappa shape index (κ2) is 5.97. The number of hydrogen-bond donors (Lipinski definition) is 1. The molecule has 0 saturated heterocycles. The average Bonchev–Trinajstić information content (AvgIpc) is 3.20. The fourth-order valence-electron chi connectivity index (χ4n) is 2.85. The molecule has 5 nitrogen and oxygen atoms in total. The molecule has 1 fully saturated rings. The summed E-state index contributed by atoms with van der Waals surface area (Å²) >= 11 is 6.21. The first-order valence-corrected chi connectivity index (χ1v) is 7.73. The number of aromatic nitrogens is 2. The van der Waals surface area contributed by atoms with Gasteiger partial charge in [0.1, 0.15) is 5.54 Å². The Balaban J connectivity index is 2.18. The number of nitrogens with zero attached hydrogens (tertiary/aromatic N) is 2. The number of rotatable bonds is 6. The van der Waals surface area contributed by atoms with Crippen LogP contribution in [0.4, 0.5) is 0 Å². The second-order valence-corrected chi connectivity index (χ2v) is 6.60. The molecule has 1 aliphatic rings. The standard InChI is InChI=1S/C15H24ClN3O2/c1-9(19-11(3)13(16)10(2)18-19)8-15(4,14(20)21-5)17-12-6-7-12/h9,12,17H,6-8H2,1-5H3. The third-order valence-electron chi connectivity index (χ3n) is 4.09. The summed E-state index contributed by atoms with van der Waals surface area (Å²) in [5.41, 5.74) is 1.05. The largest absolute Gasteiger partial charge is 0.468 e. The van der Waals surface area contributed by atoms with Crippen molar-refractivity contribution in [2.75, 3.05) is 7.11 Å². The van der Waals surface area contributed by atoms with E-state index in [2.05, 4.69) is 10.4 Å². The van der Waals surface area contributed by atoms with Crippen LogP contribution in [0.15, 0.2) is 0 Å². The zero-order valence-corrected chi connectivity index (χ0v) is 14.1. The molecular weight excluding hydrogens is 290 g/mol. The summed E-state index contributed by atoms with van der Waals surface area (Å²) in [6, 6.07) is 0.469. The zero-order valence-electron chi connectivity index (χ0n) is 13.4. The number of carbonyl (C=O) groups is 1.